The van der Waals surface area contributed by atoms with E-state index in [0.29, 0.717) is 0 Å². The van der Waals surface area contributed by atoms with Crippen LogP contribution in [0.4, 0.5) is 4.39 Å². The molecule has 0 radical (unpaired) electrons. The molecule has 2 atom stereocenters. The van der Waals surface area contributed by atoms with Gasteiger partial charge in [0.05, 0.1) is 5.75 Å². The van der Waals surface area contributed by atoms with Crippen LogP contribution in [-0.2, 0) is 21.3 Å². The van der Waals surface area contributed by atoms with E-state index in [1.165, 1.54) is 19.1 Å². The van der Waals surface area contributed by atoms with Gasteiger partial charge in [-0.05, 0) is 19.1 Å². The van der Waals surface area contributed by atoms with Gasteiger partial charge in [-0.3, -0.25) is 9.00 Å². The third-order valence-electron chi connectivity index (χ3n) is 2.05. The summed E-state index contributed by atoms with van der Waals surface area (Å²) in [7, 11) is -1.65. The average Bonchev–Trinajstić information content (AvgIpc) is 2.20. The number of carboxylic acids is 1. The van der Waals surface area contributed by atoms with Crippen molar-refractivity contribution >= 4 is 28.4 Å². The Labute approximate surface area is 99.7 Å². The summed E-state index contributed by atoms with van der Waals surface area (Å²) in [5.74, 6) is -1.86. The van der Waals surface area contributed by atoms with Crippen molar-refractivity contribution in [3.05, 3.63) is 34.6 Å². The summed E-state index contributed by atoms with van der Waals surface area (Å²) in [5.41, 5.74) is 0.204. The molecule has 88 valence electrons. The fourth-order valence-electron chi connectivity index (χ4n) is 1.03. The highest BCUT2D eigenvalue weighted by molar-refractivity contribution is 7.85. The lowest BCUT2D eigenvalue weighted by Crippen LogP contribution is -2.23. The Morgan fingerprint density at radius 2 is 2.25 bits per heavy atom. The first-order valence-corrected chi connectivity index (χ1v) is 6.21. The SMILES string of the molecule is CC(C(=O)O)S(=O)Cc1ccc(Cl)cc1F. The molecule has 0 aliphatic carbocycles. The van der Waals surface area contributed by atoms with Crippen LogP contribution in [-0.4, -0.2) is 20.5 Å². The number of rotatable bonds is 4. The summed E-state index contributed by atoms with van der Waals surface area (Å²) in [4.78, 5) is 10.6. The van der Waals surface area contributed by atoms with E-state index in [2.05, 4.69) is 0 Å². The van der Waals surface area contributed by atoms with Crippen molar-refractivity contribution in [2.24, 2.45) is 0 Å². The molecule has 2 unspecified atom stereocenters. The minimum Gasteiger partial charge on any atom is -0.480 e. The van der Waals surface area contributed by atoms with Crippen LogP contribution in [0.25, 0.3) is 0 Å². The zero-order chi connectivity index (χ0) is 12.3. The molecule has 0 amide bonds. The molecular formula is C10H10ClFO3S. The third-order valence-corrected chi connectivity index (χ3v) is 3.88. The van der Waals surface area contributed by atoms with E-state index in [9.17, 15) is 13.4 Å². The first-order valence-electron chi connectivity index (χ1n) is 4.45. The molecule has 1 N–H and O–H groups in total. The molecule has 16 heavy (non-hydrogen) atoms. The predicted molar refractivity (Wildman–Crippen MR) is 60.4 cm³/mol. The zero-order valence-corrected chi connectivity index (χ0v) is 10.0. The second-order valence-corrected chi connectivity index (χ2v) is 5.43. The van der Waals surface area contributed by atoms with E-state index in [1.54, 1.807) is 0 Å². The smallest absolute Gasteiger partial charge is 0.318 e. The van der Waals surface area contributed by atoms with Gasteiger partial charge >= 0.3 is 5.97 Å². The molecule has 1 aromatic rings. The van der Waals surface area contributed by atoms with Gasteiger partial charge < -0.3 is 5.11 Å². The standard InChI is InChI=1S/C10H10ClFO3S/c1-6(10(13)14)16(15)5-7-2-3-8(11)4-9(7)12/h2-4,6H,5H2,1H3,(H,13,14). The van der Waals surface area contributed by atoms with E-state index in [1.807, 2.05) is 0 Å². The maximum Gasteiger partial charge on any atom is 0.318 e. The van der Waals surface area contributed by atoms with Gasteiger partial charge in [0.15, 0.2) is 0 Å². The molecule has 0 aromatic heterocycles. The Kier molecular flexibility index (Phi) is 4.44. The van der Waals surface area contributed by atoms with Crippen molar-refractivity contribution in [1.29, 1.82) is 0 Å². The lowest BCUT2D eigenvalue weighted by molar-refractivity contribution is -0.136. The number of benzene rings is 1. The van der Waals surface area contributed by atoms with Crippen LogP contribution in [0, 0.1) is 5.82 Å². The summed E-state index contributed by atoms with van der Waals surface area (Å²) < 4.78 is 24.8. The second-order valence-electron chi connectivity index (χ2n) is 3.24. The van der Waals surface area contributed by atoms with Gasteiger partial charge in [-0.25, -0.2) is 4.39 Å². The van der Waals surface area contributed by atoms with Crippen LogP contribution >= 0.6 is 11.6 Å². The van der Waals surface area contributed by atoms with Crippen molar-refractivity contribution < 1.29 is 18.5 Å². The summed E-state index contributed by atoms with van der Waals surface area (Å²) in [6.07, 6.45) is 0. The van der Waals surface area contributed by atoms with Crippen molar-refractivity contribution in [3.63, 3.8) is 0 Å². The zero-order valence-electron chi connectivity index (χ0n) is 8.44. The molecule has 1 rings (SSSR count). The summed E-state index contributed by atoms with van der Waals surface area (Å²) in [5, 5.41) is 7.87. The van der Waals surface area contributed by atoms with E-state index in [-0.39, 0.29) is 16.3 Å². The Bertz CT molecular complexity index is 436. The van der Waals surface area contributed by atoms with E-state index in [4.69, 9.17) is 16.7 Å². The third kappa shape index (κ3) is 3.28. The average molecular weight is 265 g/mol. The van der Waals surface area contributed by atoms with Crippen LogP contribution < -0.4 is 0 Å². The Hall–Kier alpha value is -0.940. The van der Waals surface area contributed by atoms with Crippen molar-refractivity contribution in [2.75, 3.05) is 0 Å². The molecule has 6 heteroatoms. The van der Waals surface area contributed by atoms with Crippen molar-refractivity contribution in [3.8, 4) is 0 Å². The Balaban J connectivity index is 2.81. The summed E-state index contributed by atoms with van der Waals surface area (Å²) in [6.45, 7) is 1.33. The quantitative estimate of drug-likeness (QED) is 0.907. The summed E-state index contributed by atoms with van der Waals surface area (Å²) in [6, 6.07) is 3.99. The number of carbonyl (C=O) groups is 1. The highest BCUT2D eigenvalue weighted by atomic mass is 35.5. The minimum atomic E-state index is -1.65. The molecule has 0 saturated heterocycles. The molecule has 0 aliphatic heterocycles. The van der Waals surface area contributed by atoms with Crippen LogP contribution in [0.5, 0.6) is 0 Å². The van der Waals surface area contributed by atoms with Gasteiger partial charge in [0.1, 0.15) is 11.1 Å². The van der Waals surface area contributed by atoms with Crippen LogP contribution in [0.1, 0.15) is 12.5 Å². The normalized spacial score (nSPS) is 14.4. The van der Waals surface area contributed by atoms with Crippen LogP contribution in [0.15, 0.2) is 18.2 Å². The first-order chi connectivity index (χ1) is 7.41. The van der Waals surface area contributed by atoms with Crippen LogP contribution in [0.2, 0.25) is 5.02 Å². The fourth-order valence-corrected chi connectivity index (χ4v) is 2.20. The van der Waals surface area contributed by atoms with Gasteiger partial charge in [0, 0.05) is 21.4 Å². The Morgan fingerprint density at radius 1 is 1.62 bits per heavy atom. The molecule has 0 saturated carbocycles. The molecule has 1 aromatic carbocycles. The van der Waals surface area contributed by atoms with Gasteiger partial charge in [0.2, 0.25) is 0 Å². The van der Waals surface area contributed by atoms with Gasteiger partial charge in [-0.2, -0.15) is 0 Å². The van der Waals surface area contributed by atoms with Gasteiger partial charge in [0.25, 0.3) is 0 Å². The van der Waals surface area contributed by atoms with Crippen LogP contribution in [0.3, 0.4) is 0 Å². The fraction of sp³-hybridized carbons (Fsp3) is 0.300. The van der Waals surface area contributed by atoms with Crippen molar-refractivity contribution in [1.82, 2.24) is 0 Å². The predicted octanol–water partition coefficient (Wildman–Crippen LogP) is 2.20. The lowest BCUT2D eigenvalue weighted by Gasteiger charge is -2.07. The Morgan fingerprint density at radius 3 is 2.75 bits per heavy atom. The summed E-state index contributed by atoms with van der Waals surface area (Å²) >= 11 is 5.56. The molecule has 0 fully saturated rings. The maximum absolute atomic E-state index is 13.3. The van der Waals surface area contributed by atoms with Gasteiger partial charge in [-0.15, -0.1) is 0 Å². The monoisotopic (exact) mass is 264 g/mol. The molecule has 0 aliphatic rings. The molecule has 3 nitrogen and oxygen atoms in total. The van der Waals surface area contributed by atoms with E-state index >= 15 is 0 Å². The molecular weight excluding hydrogens is 255 g/mol. The number of hydrogen-bond donors (Lipinski definition) is 1. The number of carboxylic acid groups (broad SMARTS) is 1. The largest absolute Gasteiger partial charge is 0.480 e. The first kappa shape index (κ1) is 13.1. The topological polar surface area (TPSA) is 54.4 Å². The highest BCUT2D eigenvalue weighted by Gasteiger charge is 2.20. The highest BCUT2D eigenvalue weighted by Crippen LogP contribution is 2.17. The van der Waals surface area contributed by atoms with Gasteiger partial charge in [-0.1, -0.05) is 17.7 Å². The maximum atomic E-state index is 13.3. The van der Waals surface area contributed by atoms with E-state index < -0.39 is 27.8 Å². The number of aliphatic carboxylic acids is 1. The molecule has 0 bridgehead atoms. The lowest BCUT2D eigenvalue weighted by atomic mass is 10.2. The number of hydrogen-bond acceptors (Lipinski definition) is 2. The second kappa shape index (κ2) is 5.41. The number of halogens is 2. The molecule has 0 heterocycles. The van der Waals surface area contributed by atoms with E-state index in [0.717, 1.165) is 6.07 Å². The minimum absolute atomic E-state index is 0.129. The molecule has 0 spiro atoms. The van der Waals surface area contributed by atoms with Crippen molar-refractivity contribution in [2.45, 2.75) is 17.9 Å².